The first-order chi connectivity index (χ1) is 13.3. The summed E-state index contributed by atoms with van der Waals surface area (Å²) >= 11 is 3.35. The maximum atomic E-state index is 13.5. The number of ether oxygens (including phenoxy) is 2. The molecule has 1 heterocycles. The second-order valence-electron chi connectivity index (χ2n) is 6.85. The summed E-state index contributed by atoms with van der Waals surface area (Å²) in [5.74, 6) is -2.40. The van der Waals surface area contributed by atoms with Gasteiger partial charge >= 0.3 is 6.09 Å². The van der Waals surface area contributed by atoms with Gasteiger partial charge in [-0.05, 0) is 24.6 Å². The number of ketones is 1. The number of hydrogen-bond donors (Lipinski definition) is 3. The summed E-state index contributed by atoms with van der Waals surface area (Å²) in [7, 11) is 0. The lowest BCUT2D eigenvalue weighted by molar-refractivity contribution is -0.169. The topological polar surface area (TPSA) is 111 Å². The molecule has 8 heteroatoms. The fourth-order valence-corrected chi connectivity index (χ4v) is 4.18. The van der Waals surface area contributed by atoms with Crippen LogP contribution in [0.4, 0.5) is 10.5 Å². The van der Waals surface area contributed by atoms with Crippen molar-refractivity contribution in [1.82, 2.24) is 5.32 Å². The molecule has 4 rings (SSSR count). The maximum Gasteiger partial charge on any atom is 0.408 e. The van der Waals surface area contributed by atoms with Crippen LogP contribution >= 0.6 is 15.9 Å². The Balaban J connectivity index is 1.87. The summed E-state index contributed by atoms with van der Waals surface area (Å²) in [6, 6.07) is 9.73. The van der Waals surface area contributed by atoms with E-state index < -0.39 is 23.2 Å². The fourth-order valence-electron chi connectivity index (χ4n) is 3.84. The van der Waals surface area contributed by atoms with Crippen LogP contribution in [0.5, 0.6) is 5.75 Å². The molecule has 7 nitrogen and oxygen atoms in total. The first-order valence-corrected chi connectivity index (χ1v) is 9.74. The Labute approximate surface area is 169 Å². The van der Waals surface area contributed by atoms with Crippen molar-refractivity contribution < 1.29 is 24.2 Å². The lowest BCUT2D eigenvalue weighted by Gasteiger charge is -2.33. The number of hydrogen-bond acceptors (Lipinski definition) is 6. The second kappa shape index (κ2) is 6.49. The third-order valence-electron chi connectivity index (χ3n) is 5.16. The number of fused-ring (bicyclic) bond motifs is 5. The first kappa shape index (κ1) is 18.8. The van der Waals surface area contributed by atoms with Crippen molar-refractivity contribution in [3.63, 3.8) is 0 Å². The number of halogens is 1. The number of Topliss-reactive ketones (excluding diaryl/α,β-unsaturated/α-hetero) is 1. The Bertz CT molecular complexity index is 995. The van der Waals surface area contributed by atoms with Crippen molar-refractivity contribution in [3.8, 4) is 5.75 Å². The number of amides is 1. The Morgan fingerprint density at radius 1 is 1.32 bits per heavy atom. The largest absolute Gasteiger partial charge is 0.454 e. The van der Waals surface area contributed by atoms with E-state index in [4.69, 9.17) is 15.2 Å². The van der Waals surface area contributed by atoms with Crippen LogP contribution in [0, 0.1) is 0 Å². The van der Waals surface area contributed by atoms with Crippen LogP contribution in [-0.4, -0.2) is 23.6 Å². The van der Waals surface area contributed by atoms with E-state index in [2.05, 4.69) is 21.2 Å². The zero-order chi connectivity index (χ0) is 20.1. The minimum Gasteiger partial charge on any atom is -0.454 e. The number of nitrogens with two attached hydrogens (primary N) is 1. The van der Waals surface area contributed by atoms with Crippen molar-refractivity contribution in [3.05, 3.63) is 57.6 Å². The van der Waals surface area contributed by atoms with Gasteiger partial charge in [-0.1, -0.05) is 47.5 Å². The Morgan fingerprint density at radius 3 is 2.86 bits per heavy atom. The lowest BCUT2D eigenvalue weighted by Crippen LogP contribution is -2.60. The SMILES string of the molecule is CCCCOC(=O)NC12C(=O)c3c(N)cccc3C1(O)Oc1cc(Br)ccc12. The van der Waals surface area contributed by atoms with Crippen LogP contribution in [-0.2, 0) is 16.1 Å². The van der Waals surface area contributed by atoms with E-state index in [0.29, 0.717) is 16.5 Å². The van der Waals surface area contributed by atoms with E-state index in [1.165, 1.54) is 0 Å². The van der Waals surface area contributed by atoms with E-state index in [0.717, 1.165) is 6.42 Å². The van der Waals surface area contributed by atoms with Gasteiger partial charge in [-0.15, -0.1) is 0 Å². The average Bonchev–Trinajstić information content (AvgIpc) is 2.99. The van der Waals surface area contributed by atoms with Crippen LogP contribution in [0.1, 0.15) is 41.3 Å². The number of carbonyl (C=O) groups excluding carboxylic acids is 2. The quantitative estimate of drug-likeness (QED) is 0.491. The molecular formula is C20H19BrN2O5. The van der Waals surface area contributed by atoms with Gasteiger partial charge in [0.25, 0.3) is 5.79 Å². The number of anilines is 1. The number of carbonyl (C=O) groups is 2. The zero-order valence-corrected chi connectivity index (χ0v) is 16.7. The van der Waals surface area contributed by atoms with Crippen LogP contribution in [0.2, 0.25) is 0 Å². The summed E-state index contributed by atoms with van der Waals surface area (Å²) in [5, 5.41) is 14.2. The van der Waals surface area contributed by atoms with Crippen LogP contribution < -0.4 is 15.8 Å². The minimum absolute atomic E-state index is 0.132. The summed E-state index contributed by atoms with van der Waals surface area (Å²) in [6.45, 7) is 2.17. The molecule has 1 aliphatic carbocycles. The summed E-state index contributed by atoms with van der Waals surface area (Å²) < 4.78 is 11.8. The van der Waals surface area contributed by atoms with Gasteiger partial charge in [0.05, 0.1) is 12.2 Å². The number of nitrogens with one attached hydrogen (secondary N) is 1. The first-order valence-electron chi connectivity index (χ1n) is 8.95. The predicted molar refractivity (Wildman–Crippen MR) is 105 cm³/mol. The molecule has 4 N–H and O–H groups in total. The number of benzene rings is 2. The fraction of sp³-hybridized carbons (Fsp3) is 0.300. The highest BCUT2D eigenvalue weighted by atomic mass is 79.9. The Morgan fingerprint density at radius 2 is 2.11 bits per heavy atom. The molecule has 0 aromatic heterocycles. The third kappa shape index (κ3) is 2.37. The summed E-state index contributed by atoms with van der Waals surface area (Å²) in [6.07, 6.45) is 0.723. The van der Waals surface area contributed by atoms with Gasteiger partial charge in [0.1, 0.15) is 5.75 Å². The number of nitrogen functional groups attached to an aromatic ring is 1. The zero-order valence-electron chi connectivity index (χ0n) is 15.1. The molecule has 2 aromatic carbocycles. The van der Waals surface area contributed by atoms with Gasteiger partial charge in [0.15, 0.2) is 0 Å². The Kier molecular flexibility index (Phi) is 4.35. The summed E-state index contributed by atoms with van der Waals surface area (Å²) in [5.41, 5.74) is 5.01. The monoisotopic (exact) mass is 446 g/mol. The second-order valence-corrected chi connectivity index (χ2v) is 7.77. The molecule has 0 saturated heterocycles. The smallest absolute Gasteiger partial charge is 0.408 e. The van der Waals surface area contributed by atoms with E-state index in [-0.39, 0.29) is 29.2 Å². The number of alkyl carbamates (subject to hydrolysis) is 1. The molecule has 0 bridgehead atoms. The highest BCUT2D eigenvalue weighted by Gasteiger charge is 2.72. The lowest BCUT2D eigenvalue weighted by atomic mass is 9.83. The van der Waals surface area contributed by atoms with E-state index in [9.17, 15) is 14.7 Å². The molecule has 146 valence electrons. The van der Waals surface area contributed by atoms with Crippen molar-refractivity contribution in [2.75, 3.05) is 12.3 Å². The van der Waals surface area contributed by atoms with Crippen LogP contribution in [0.15, 0.2) is 40.9 Å². The molecule has 0 radical (unpaired) electrons. The molecule has 2 atom stereocenters. The number of aliphatic hydroxyl groups is 1. The standard InChI is InChI=1S/C20H19BrN2O5/c1-2-3-9-27-18(25)23-19-12-8-7-11(21)10-15(12)28-20(19,26)13-5-4-6-14(22)16(13)17(19)24/h4-8,10,26H,2-3,9,22H2,1H3,(H,23,25). The molecule has 2 unspecified atom stereocenters. The molecule has 1 amide bonds. The number of rotatable bonds is 4. The van der Waals surface area contributed by atoms with Gasteiger partial charge in [0, 0.05) is 21.3 Å². The van der Waals surface area contributed by atoms with Gasteiger partial charge in [-0.25, -0.2) is 4.79 Å². The van der Waals surface area contributed by atoms with Gasteiger partial charge in [-0.2, -0.15) is 0 Å². The predicted octanol–water partition coefficient (Wildman–Crippen LogP) is 3.19. The minimum atomic E-state index is -2.14. The third-order valence-corrected chi connectivity index (χ3v) is 5.66. The summed E-state index contributed by atoms with van der Waals surface area (Å²) in [4.78, 5) is 26.1. The molecule has 2 aliphatic rings. The molecule has 0 fully saturated rings. The van der Waals surface area contributed by atoms with Gasteiger partial charge in [0.2, 0.25) is 11.3 Å². The van der Waals surface area contributed by atoms with Crippen LogP contribution in [0.3, 0.4) is 0 Å². The van der Waals surface area contributed by atoms with E-state index >= 15 is 0 Å². The molecule has 0 spiro atoms. The van der Waals surface area contributed by atoms with Gasteiger partial charge < -0.3 is 20.3 Å². The molecule has 28 heavy (non-hydrogen) atoms. The van der Waals surface area contributed by atoms with E-state index in [1.54, 1.807) is 36.4 Å². The normalized spacial score (nSPS) is 24.2. The molecule has 2 aromatic rings. The maximum absolute atomic E-state index is 13.5. The average molecular weight is 447 g/mol. The van der Waals surface area contributed by atoms with Gasteiger partial charge in [-0.3, -0.25) is 10.1 Å². The molecular weight excluding hydrogens is 428 g/mol. The van der Waals surface area contributed by atoms with Crippen molar-refractivity contribution >= 4 is 33.5 Å². The van der Waals surface area contributed by atoms with Crippen molar-refractivity contribution in [1.29, 1.82) is 0 Å². The number of unbranched alkanes of at least 4 members (excludes halogenated alkanes) is 1. The highest BCUT2D eigenvalue weighted by Crippen LogP contribution is 2.59. The van der Waals surface area contributed by atoms with E-state index in [1.807, 2.05) is 6.92 Å². The van der Waals surface area contributed by atoms with Crippen molar-refractivity contribution in [2.24, 2.45) is 0 Å². The highest BCUT2D eigenvalue weighted by molar-refractivity contribution is 9.10. The molecule has 1 aliphatic heterocycles. The van der Waals surface area contributed by atoms with Crippen LogP contribution in [0.25, 0.3) is 0 Å². The molecule has 0 saturated carbocycles. The Hall–Kier alpha value is -2.58. The van der Waals surface area contributed by atoms with Crippen molar-refractivity contribution in [2.45, 2.75) is 31.1 Å².